The normalized spacial score (nSPS) is 18.7. The van der Waals surface area contributed by atoms with Crippen LogP contribution >= 0.6 is 11.6 Å². The van der Waals surface area contributed by atoms with Crippen molar-refractivity contribution in [3.8, 4) is 0 Å². The Bertz CT molecular complexity index is 636. The highest BCUT2D eigenvalue weighted by molar-refractivity contribution is 6.30. The standard InChI is InChI=1S/C17H22ClN3O2/c1-12(19-2)11-15-20-16(23-21-15)17(7-9-22-10-8-17)13-3-5-14(18)6-4-13/h3-6,12,19H,7-11H2,1-2H3. The van der Waals surface area contributed by atoms with Crippen molar-refractivity contribution in [3.63, 3.8) is 0 Å². The van der Waals surface area contributed by atoms with Crippen LogP contribution in [-0.2, 0) is 16.6 Å². The van der Waals surface area contributed by atoms with Crippen LogP contribution in [0.2, 0.25) is 5.02 Å². The minimum Gasteiger partial charge on any atom is -0.381 e. The molecular weight excluding hydrogens is 314 g/mol. The Balaban J connectivity index is 1.94. The molecular formula is C17H22ClN3O2. The summed E-state index contributed by atoms with van der Waals surface area (Å²) in [5.41, 5.74) is 0.874. The third kappa shape index (κ3) is 3.42. The highest BCUT2D eigenvalue weighted by atomic mass is 35.5. The molecule has 1 aliphatic heterocycles. The molecule has 2 heterocycles. The van der Waals surface area contributed by atoms with Crippen LogP contribution in [-0.4, -0.2) is 36.4 Å². The second kappa shape index (κ2) is 6.99. The molecule has 5 nitrogen and oxygen atoms in total. The number of halogens is 1. The first-order chi connectivity index (χ1) is 11.1. The molecule has 0 aliphatic carbocycles. The summed E-state index contributed by atoms with van der Waals surface area (Å²) >= 11 is 6.04. The number of nitrogens with zero attached hydrogens (tertiary/aromatic N) is 2. The molecule has 1 saturated heterocycles. The van der Waals surface area contributed by atoms with Gasteiger partial charge in [-0.15, -0.1) is 0 Å². The number of nitrogens with one attached hydrogen (secondary N) is 1. The van der Waals surface area contributed by atoms with Crippen molar-refractivity contribution < 1.29 is 9.26 Å². The van der Waals surface area contributed by atoms with E-state index in [-0.39, 0.29) is 5.41 Å². The molecule has 0 amide bonds. The van der Waals surface area contributed by atoms with Crippen molar-refractivity contribution in [1.29, 1.82) is 0 Å². The van der Waals surface area contributed by atoms with Gasteiger partial charge in [-0.3, -0.25) is 0 Å². The van der Waals surface area contributed by atoms with Crippen LogP contribution in [0.3, 0.4) is 0 Å². The van der Waals surface area contributed by atoms with Gasteiger partial charge in [-0.2, -0.15) is 4.98 Å². The average molecular weight is 336 g/mol. The lowest BCUT2D eigenvalue weighted by Gasteiger charge is -2.34. The SMILES string of the molecule is CNC(C)Cc1noc(C2(c3ccc(Cl)cc3)CCOCC2)n1. The lowest BCUT2D eigenvalue weighted by atomic mass is 9.74. The van der Waals surface area contributed by atoms with Crippen molar-refractivity contribution in [2.24, 2.45) is 0 Å². The molecule has 1 aliphatic rings. The van der Waals surface area contributed by atoms with Gasteiger partial charge in [-0.25, -0.2) is 0 Å². The van der Waals surface area contributed by atoms with Crippen LogP contribution in [0.15, 0.2) is 28.8 Å². The predicted octanol–water partition coefficient (Wildman–Crippen LogP) is 2.97. The van der Waals surface area contributed by atoms with E-state index < -0.39 is 0 Å². The fourth-order valence-electron chi connectivity index (χ4n) is 3.02. The summed E-state index contributed by atoms with van der Waals surface area (Å²) < 4.78 is 11.2. The van der Waals surface area contributed by atoms with E-state index in [4.69, 9.17) is 20.9 Å². The zero-order valence-corrected chi connectivity index (χ0v) is 14.3. The third-order valence-corrected chi connectivity index (χ3v) is 4.85. The second-order valence-electron chi connectivity index (χ2n) is 6.11. The van der Waals surface area contributed by atoms with E-state index in [9.17, 15) is 0 Å². The van der Waals surface area contributed by atoms with E-state index in [2.05, 4.69) is 22.4 Å². The molecule has 0 radical (unpaired) electrons. The van der Waals surface area contributed by atoms with Crippen LogP contribution in [0.1, 0.15) is 37.0 Å². The fourth-order valence-corrected chi connectivity index (χ4v) is 3.15. The molecule has 0 spiro atoms. The monoisotopic (exact) mass is 335 g/mol. The molecule has 1 N–H and O–H groups in total. The van der Waals surface area contributed by atoms with Gasteiger partial charge < -0.3 is 14.6 Å². The number of rotatable bonds is 5. The fraction of sp³-hybridized carbons (Fsp3) is 0.529. The van der Waals surface area contributed by atoms with E-state index in [1.165, 1.54) is 0 Å². The van der Waals surface area contributed by atoms with Gasteiger partial charge in [0.25, 0.3) is 0 Å². The number of likely N-dealkylation sites (N-methyl/N-ethyl adjacent to an activating group) is 1. The maximum absolute atomic E-state index is 6.04. The largest absolute Gasteiger partial charge is 0.381 e. The van der Waals surface area contributed by atoms with Crippen molar-refractivity contribution in [2.75, 3.05) is 20.3 Å². The number of hydrogen-bond donors (Lipinski definition) is 1. The van der Waals surface area contributed by atoms with Crippen LogP contribution in [0.5, 0.6) is 0 Å². The van der Waals surface area contributed by atoms with Gasteiger partial charge in [0.1, 0.15) is 0 Å². The maximum atomic E-state index is 6.04. The lowest BCUT2D eigenvalue weighted by Crippen LogP contribution is -2.35. The smallest absolute Gasteiger partial charge is 0.237 e. The average Bonchev–Trinajstić information content (AvgIpc) is 3.05. The minimum absolute atomic E-state index is 0.281. The number of benzene rings is 1. The maximum Gasteiger partial charge on any atom is 0.237 e. The summed E-state index contributed by atoms with van der Waals surface area (Å²) in [6, 6.07) is 8.23. The van der Waals surface area contributed by atoms with Crippen molar-refractivity contribution in [1.82, 2.24) is 15.5 Å². The van der Waals surface area contributed by atoms with E-state index >= 15 is 0 Å². The molecule has 1 unspecified atom stereocenters. The Morgan fingerprint density at radius 3 is 2.61 bits per heavy atom. The Kier molecular flexibility index (Phi) is 4.99. The van der Waals surface area contributed by atoms with Crippen molar-refractivity contribution >= 4 is 11.6 Å². The van der Waals surface area contributed by atoms with E-state index in [0.717, 1.165) is 35.7 Å². The summed E-state index contributed by atoms with van der Waals surface area (Å²) in [5, 5.41) is 8.09. The van der Waals surface area contributed by atoms with Gasteiger partial charge in [0.05, 0.1) is 5.41 Å². The Labute approximate surface area is 141 Å². The summed E-state index contributed by atoms with van der Waals surface area (Å²) in [6.45, 7) is 3.47. The molecule has 3 rings (SSSR count). The molecule has 2 aromatic rings. The lowest BCUT2D eigenvalue weighted by molar-refractivity contribution is 0.0523. The first kappa shape index (κ1) is 16.4. The summed E-state index contributed by atoms with van der Waals surface area (Å²) in [6.07, 6.45) is 2.41. The van der Waals surface area contributed by atoms with Gasteiger partial charge >= 0.3 is 0 Å². The molecule has 1 aromatic carbocycles. The summed E-state index contributed by atoms with van der Waals surface area (Å²) in [5.74, 6) is 1.42. The van der Waals surface area contributed by atoms with Gasteiger partial charge in [0.15, 0.2) is 5.82 Å². The van der Waals surface area contributed by atoms with Crippen molar-refractivity contribution in [3.05, 3.63) is 46.6 Å². The van der Waals surface area contributed by atoms with Gasteiger partial charge in [-0.1, -0.05) is 28.9 Å². The molecule has 124 valence electrons. The van der Waals surface area contributed by atoms with E-state index in [1.807, 2.05) is 31.3 Å². The van der Waals surface area contributed by atoms with Gasteiger partial charge in [0.2, 0.25) is 5.89 Å². The molecule has 0 saturated carbocycles. The minimum atomic E-state index is -0.281. The van der Waals surface area contributed by atoms with Crippen LogP contribution in [0, 0.1) is 0 Å². The molecule has 1 aromatic heterocycles. The zero-order chi connectivity index (χ0) is 16.3. The summed E-state index contributed by atoms with van der Waals surface area (Å²) in [4.78, 5) is 4.69. The molecule has 1 fully saturated rings. The van der Waals surface area contributed by atoms with Crippen LogP contribution < -0.4 is 5.32 Å². The molecule has 6 heteroatoms. The topological polar surface area (TPSA) is 60.2 Å². The number of hydrogen-bond acceptors (Lipinski definition) is 5. The number of aromatic nitrogens is 2. The predicted molar refractivity (Wildman–Crippen MR) is 88.8 cm³/mol. The van der Waals surface area contributed by atoms with Gasteiger partial charge in [0, 0.05) is 30.7 Å². The highest BCUT2D eigenvalue weighted by Crippen LogP contribution is 2.40. The second-order valence-corrected chi connectivity index (χ2v) is 6.55. The zero-order valence-electron chi connectivity index (χ0n) is 13.5. The van der Waals surface area contributed by atoms with E-state index in [0.29, 0.717) is 25.1 Å². The van der Waals surface area contributed by atoms with Crippen molar-refractivity contribution in [2.45, 2.75) is 37.6 Å². The first-order valence-corrected chi connectivity index (χ1v) is 8.36. The van der Waals surface area contributed by atoms with Gasteiger partial charge in [-0.05, 0) is 44.5 Å². The summed E-state index contributed by atoms with van der Waals surface area (Å²) in [7, 11) is 1.93. The quantitative estimate of drug-likeness (QED) is 0.910. The third-order valence-electron chi connectivity index (χ3n) is 4.60. The Morgan fingerprint density at radius 1 is 1.26 bits per heavy atom. The molecule has 1 atom stereocenters. The Hall–Kier alpha value is -1.43. The van der Waals surface area contributed by atoms with E-state index in [1.54, 1.807) is 0 Å². The van der Waals surface area contributed by atoms with Crippen LogP contribution in [0.4, 0.5) is 0 Å². The van der Waals surface area contributed by atoms with Crippen LogP contribution in [0.25, 0.3) is 0 Å². The Morgan fingerprint density at radius 2 is 1.96 bits per heavy atom. The molecule has 23 heavy (non-hydrogen) atoms. The number of ether oxygens (including phenoxy) is 1. The molecule has 0 bridgehead atoms. The first-order valence-electron chi connectivity index (χ1n) is 7.98. The highest BCUT2D eigenvalue weighted by Gasteiger charge is 2.41.